The predicted octanol–water partition coefficient (Wildman–Crippen LogP) is 3.92. The van der Waals surface area contributed by atoms with Crippen molar-refractivity contribution in [1.29, 1.82) is 0 Å². The Morgan fingerprint density at radius 1 is 1.11 bits per heavy atom. The number of fused-ring (bicyclic) bond motifs is 1. The number of hydrogen-bond donors (Lipinski definition) is 0. The Morgan fingerprint density at radius 3 is 2.61 bits per heavy atom. The summed E-state index contributed by atoms with van der Waals surface area (Å²) in [6.07, 6.45) is 5.60. The van der Waals surface area contributed by atoms with Crippen LogP contribution in [0.25, 0.3) is 0 Å². The Hall–Kier alpha value is -1.41. The van der Waals surface area contributed by atoms with E-state index in [1.54, 1.807) is 6.07 Å². The van der Waals surface area contributed by atoms with Crippen molar-refractivity contribution in [2.75, 3.05) is 0 Å². The van der Waals surface area contributed by atoms with Gasteiger partial charge in [0, 0.05) is 17.2 Å². The van der Waals surface area contributed by atoms with Gasteiger partial charge in [0.2, 0.25) is 5.78 Å². The Bertz CT molecular complexity index is 529. The molecule has 0 saturated carbocycles. The number of allylic oxidation sites excluding steroid dienone is 2. The number of aryl methyl sites for hydroxylation is 1. The van der Waals surface area contributed by atoms with Crippen LogP contribution in [0, 0.1) is 0 Å². The molecule has 0 N–H and O–H groups in total. The molecule has 0 atom stereocenters. The number of unbranched alkanes of at least 4 members (excludes halogenated alkanes) is 2. The monoisotopic (exact) mass is 262 g/mol. The van der Waals surface area contributed by atoms with Gasteiger partial charge in [0.25, 0.3) is 0 Å². The van der Waals surface area contributed by atoms with Crippen LogP contribution in [0.3, 0.4) is 0 Å². The van der Waals surface area contributed by atoms with Crippen molar-refractivity contribution in [3.05, 3.63) is 46.0 Å². The second kappa shape index (κ2) is 5.49. The summed E-state index contributed by atoms with van der Waals surface area (Å²) in [5.41, 5.74) is 2.01. The third-order valence-electron chi connectivity index (χ3n) is 3.14. The van der Waals surface area contributed by atoms with Gasteiger partial charge in [-0.1, -0.05) is 37.4 Å². The Balaban J connectivity index is 2.26. The fourth-order valence-electron chi connectivity index (χ4n) is 2.11. The van der Waals surface area contributed by atoms with Crippen LogP contribution in [0.2, 0.25) is 0 Å². The lowest BCUT2D eigenvalue weighted by Crippen LogP contribution is -2.14. The highest BCUT2D eigenvalue weighted by atomic mass is 35.5. The van der Waals surface area contributed by atoms with E-state index in [2.05, 4.69) is 6.92 Å². The van der Waals surface area contributed by atoms with Crippen molar-refractivity contribution < 1.29 is 9.59 Å². The Kier molecular flexibility index (Phi) is 3.97. The molecule has 0 bridgehead atoms. The molecule has 0 fully saturated rings. The fraction of sp³-hybridized carbons (Fsp3) is 0.333. The first-order valence-electron chi connectivity index (χ1n) is 6.22. The zero-order valence-corrected chi connectivity index (χ0v) is 11.1. The molecule has 0 amide bonds. The molecule has 1 aliphatic rings. The molecule has 0 heterocycles. The Labute approximate surface area is 112 Å². The molecule has 0 spiro atoms. The quantitative estimate of drug-likeness (QED) is 0.771. The van der Waals surface area contributed by atoms with Crippen LogP contribution in [0.5, 0.6) is 0 Å². The topological polar surface area (TPSA) is 34.1 Å². The van der Waals surface area contributed by atoms with E-state index in [1.807, 2.05) is 12.1 Å². The number of hydrogen-bond acceptors (Lipinski definition) is 2. The van der Waals surface area contributed by atoms with Gasteiger partial charge in [-0.3, -0.25) is 9.59 Å². The molecule has 94 valence electrons. The summed E-state index contributed by atoms with van der Waals surface area (Å²) in [6.45, 7) is 2.15. The van der Waals surface area contributed by atoms with E-state index in [1.165, 1.54) is 18.9 Å². The maximum Gasteiger partial charge on any atom is 0.205 e. The van der Waals surface area contributed by atoms with Gasteiger partial charge < -0.3 is 0 Å². The zero-order chi connectivity index (χ0) is 13.1. The van der Waals surface area contributed by atoms with Gasteiger partial charge in [-0.25, -0.2) is 0 Å². The van der Waals surface area contributed by atoms with Crippen LogP contribution >= 0.6 is 11.6 Å². The van der Waals surface area contributed by atoms with Crippen LogP contribution in [-0.2, 0) is 6.42 Å². The van der Waals surface area contributed by atoms with Crippen molar-refractivity contribution in [1.82, 2.24) is 0 Å². The summed E-state index contributed by atoms with van der Waals surface area (Å²) >= 11 is 5.72. The van der Waals surface area contributed by atoms with Crippen LogP contribution in [0.15, 0.2) is 29.3 Å². The molecule has 2 rings (SSSR count). The minimum Gasteiger partial charge on any atom is -0.289 e. The number of halogens is 1. The van der Waals surface area contributed by atoms with E-state index in [0.717, 1.165) is 18.4 Å². The maximum absolute atomic E-state index is 11.8. The van der Waals surface area contributed by atoms with Crippen LogP contribution in [0.4, 0.5) is 0 Å². The summed E-state index contributed by atoms with van der Waals surface area (Å²) < 4.78 is 0. The maximum atomic E-state index is 11.8. The molecule has 0 aromatic heterocycles. The summed E-state index contributed by atoms with van der Waals surface area (Å²) in [4.78, 5) is 23.6. The van der Waals surface area contributed by atoms with Gasteiger partial charge in [0.05, 0.1) is 5.03 Å². The standard InChI is InChI=1S/C15H15ClO2/c1-2-3-4-5-10-6-7-11-12(8-10)14(17)9-13(16)15(11)18/h6-9H,2-5H2,1H3. The van der Waals surface area contributed by atoms with Gasteiger partial charge in [0.15, 0.2) is 5.78 Å². The first-order chi connectivity index (χ1) is 8.63. The van der Waals surface area contributed by atoms with Crippen molar-refractivity contribution in [3.63, 3.8) is 0 Å². The van der Waals surface area contributed by atoms with E-state index >= 15 is 0 Å². The van der Waals surface area contributed by atoms with E-state index in [0.29, 0.717) is 11.1 Å². The molecular weight excluding hydrogens is 248 g/mol. The van der Waals surface area contributed by atoms with Gasteiger partial charge in [0.1, 0.15) is 0 Å². The molecule has 1 aliphatic carbocycles. The third kappa shape index (κ3) is 2.54. The molecule has 2 nitrogen and oxygen atoms in total. The summed E-state index contributed by atoms with van der Waals surface area (Å²) in [7, 11) is 0. The lowest BCUT2D eigenvalue weighted by molar-refractivity contribution is 0.0990. The first kappa shape index (κ1) is 13.0. The molecule has 0 saturated heterocycles. The van der Waals surface area contributed by atoms with E-state index in [9.17, 15) is 9.59 Å². The third-order valence-corrected chi connectivity index (χ3v) is 3.42. The summed E-state index contributed by atoms with van der Waals surface area (Å²) in [5, 5.41) is 0.00577. The lowest BCUT2D eigenvalue weighted by atomic mass is 9.92. The van der Waals surface area contributed by atoms with Crippen molar-refractivity contribution in [2.45, 2.75) is 32.6 Å². The van der Waals surface area contributed by atoms with Gasteiger partial charge in [-0.05, 0) is 30.5 Å². The molecular formula is C15H15ClO2. The van der Waals surface area contributed by atoms with Crippen molar-refractivity contribution >= 4 is 23.2 Å². The second-order valence-corrected chi connectivity index (χ2v) is 4.93. The molecule has 18 heavy (non-hydrogen) atoms. The predicted molar refractivity (Wildman–Crippen MR) is 72.3 cm³/mol. The molecule has 3 heteroatoms. The lowest BCUT2D eigenvalue weighted by Gasteiger charge is -2.12. The van der Waals surface area contributed by atoms with Crippen molar-refractivity contribution in [2.24, 2.45) is 0 Å². The number of Topliss-reactive ketones (excluding diaryl/α,β-unsaturated/α-hetero) is 1. The highest BCUT2D eigenvalue weighted by molar-refractivity contribution is 6.49. The highest BCUT2D eigenvalue weighted by Crippen LogP contribution is 2.24. The number of rotatable bonds is 4. The first-order valence-corrected chi connectivity index (χ1v) is 6.60. The fourth-order valence-corrected chi connectivity index (χ4v) is 2.32. The normalized spacial score (nSPS) is 14.4. The highest BCUT2D eigenvalue weighted by Gasteiger charge is 2.24. The van der Waals surface area contributed by atoms with Gasteiger partial charge >= 0.3 is 0 Å². The molecule has 0 aliphatic heterocycles. The van der Waals surface area contributed by atoms with Crippen LogP contribution in [0.1, 0.15) is 52.5 Å². The SMILES string of the molecule is CCCCCc1ccc2c(c1)C(=O)C=C(Cl)C2=O. The molecule has 0 radical (unpaired) electrons. The molecule has 1 aromatic carbocycles. The number of carbonyl (C=O) groups is 2. The minimum absolute atomic E-state index is 0.00577. The zero-order valence-electron chi connectivity index (χ0n) is 10.3. The second-order valence-electron chi connectivity index (χ2n) is 4.52. The average molecular weight is 263 g/mol. The largest absolute Gasteiger partial charge is 0.289 e. The van der Waals surface area contributed by atoms with Crippen LogP contribution < -0.4 is 0 Å². The van der Waals surface area contributed by atoms with Crippen molar-refractivity contribution in [3.8, 4) is 0 Å². The molecule has 0 unspecified atom stereocenters. The van der Waals surface area contributed by atoms with E-state index in [-0.39, 0.29) is 16.6 Å². The van der Waals surface area contributed by atoms with Crippen LogP contribution in [-0.4, -0.2) is 11.6 Å². The number of carbonyl (C=O) groups excluding carboxylic acids is 2. The number of benzene rings is 1. The molecule has 1 aromatic rings. The average Bonchev–Trinajstić information content (AvgIpc) is 2.36. The Morgan fingerprint density at radius 2 is 1.89 bits per heavy atom. The van der Waals surface area contributed by atoms with E-state index < -0.39 is 0 Å². The smallest absolute Gasteiger partial charge is 0.205 e. The summed E-state index contributed by atoms with van der Waals surface area (Å²) in [6, 6.07) is 5.45. The van der Waals surface area contributed by atoms with E-state index in [4.69, 9.17) is 11.6 Å². The number of ketones is 2. The van der Waals surface area contributed by atoms with Gasteiger partial charge in [-0.2, -0.15) is 0 Å². The van der Waals surface area contributed by atoms with Gasteiger partial charge in [-0.15, -0.1) is 0 Å². The summed E-state index contributed by atoms with van der Waals surface area (Å²) in [5.74, 6) is -0.432. The minimum atomic E-state index is -0.258.